The van der Waals surface area contributed by atoms with Gasteiger partial charge in [0.25, 0.3) is 0 Å². The van der Waals surface area contributed by atoms with Gasteiger partial charge in [-0.15, -0.1) is 0 Å². The molecule has 0 atom stereocenters. The summed E-state index contributed by atoms with van der Waals surface area (Å²) in [7, 11) is 1.22. The Balaban J connectivity index is 1.72. The molecule has 2 aromatic rings. The maximum Gasteiger partial charge on any atom is 0.344 e. The van der Waals surface area contributed by atoms with E-state index < -0.39 is 11.8 Å². The summed E-state index contributed by atoms with van der Waals surface area (Å²) in [6.45, 7) is 0.163. The SMILES string of the molecule is COC(=O)C1=C(O)/C(=C\c2ccc3c(c2)OCO3)SC1=Nc1ccc(F)cc1. The van der Waals surface area contributed by atoms with Crippen molar-refractivity contribution in [1.29, 1.82) is 0 Å². The molecule has 0 aliphatic carbocycles. The first-order valence-corrected chi connectivity index (χ1v) is 9.02. The molecule has 0 fully saturated rings. The number of carbonyl (C=O) groups is 1. The maximum atomic E-state index is 13.1. The minimum Gasteiger partial charge on any atom is -0.506 e. The molecule has 2 heterocycles. The minimum absolute atomic E-state index is 0.0381. The van der Waals surface area contributed by atoms with Crippen LogP contribution in [0.25, 0.3) is 6.08 Å². The highest BCUT2D eigenvalue weighted by Gasteiger charge is 2.33. The highest BCUT2D eigenvalue weighted by molar-refractivity contribution is 8.18. The smallest absolute Gasteiger partial charge is 0.344 e. The zero-order valence-electron chi connectivity index (χ0n) is 14.6. The summed E-state index contributed by atoms with van der Waals surface area (Å²) < 4.78 is 28.5. The maximum absolute atomic E-state index is 13.1. The highest BCUT2D eigenvalue weighted by atomic mass is 32.2. The monoisotopic (exact) mass is 399 g/mol. The molecular formula is C20H14FNO5S. The van der Waals surface area contributed by atoms with Gasteiger partial charge in [0.2, 0.25) is 6.79 Å². The van der Waals surface area contributed by atoms with Crippen LogP contribution in [0.2, 0.25) is 0 Å². The quantitative estimate of drug-likeness (QED) is 0.773. The van der Waals surface area contributed by atoms with Crippen LogP contribution in [0.4, 0.5) is 10.1 Å². The summed E-state index contributed by atoms with van der Waals surface area (Å²) in [6, 6.07) is 10.8. The summed E-state index contributed by atoms with van der Waals surface area (Å²) in [5, 5.41) is 10.9. The van der Waals surface area contributed by atoms with Crippen LogP contribution in [0.15, 0.2) is 63.7 Å². The molecule has 0 bridgehead atoms. The molecule has 6 nitrogen and oxygen atoms in total. The topological polar surface area (TPSA) is 77.4 Å². The fourth-order valence-corrected chi connectivity index (χ4v) is 3.71. The van der Waals surface area contributed by atoms with E-state index in [-0.39, 0.29) is 23.2 Å². The molecular weight excluding hydrogens is 385 g/mol. The van der Waals surface area contributed by atoms with Crippen LogP contribution in [0.3, 0.4) is 0 Å². The molecule has 0 unspecified atom stereocenters. The second-order valence-corrected chi connectivity index (χ2v) is 6.86. The predicted molar refractivity (Wildman–Crippen MR) is 103 cm³/mol. The molecule has 142 valence electrons. The molecule has 1 N–H and O–H groups in total. The van der Waals surface area contributed by atoms with E-state index in [1.54, 1.807) is 24.3 Å². The molecule has 2 aliphatic heterocycles. The van der Waals surface area contributed by atoms with Gasteiger partial charge in [-0.2, -0.15) is 0 Å². The first-order valence-electron chi connectivity index (χ1n) is 8.21. The number of fused-ring (bicyclic) bond motifs is 1. The lowest BCUT2D eigenvalue weighted by molar-refractivity contribution is -0.135. The Hall–Kier alpha value is -3.26. The number of ether oxygens (including phenoxy) is 3. The molecule has 0 amide bonds. The zero-order valence-corrected chi connectivity index (χ0v) is 15.5. The lowest BCUT2D eigenvalue weighted by Gasteiger charge is -2.01. The van der Waals surface area contributed by atoms with E-state index in [0.717, 1.165) is 17.3 Å². The first-order chi connectivity index (χ1) is 13.5. The van der Waals surface area contributed by atoms with Crippen molar-refractivity contribution in [3.8, 4) is 11.5 Å². The molecule has 0 radical (unpaired) electrons. The van der Waals surface area contributed by atoms with Crippen molar-refractivity contribution < 1.29 is 28.5 Å². The van der Waals surface area contributed by atoms with Crippen molar-refractivity contribution in [1.82, 2.24) is 0 Å². The number of hydrogen-bond acceptors (Lipinski definition) is 7. The van der Waals surface area contributed by atoms with E-state index in [1.807, 2.05) is 0 Å². The number of benzene rings is 2. The van der Waals surface area contributed by atoms with Gasteiger partial charge in [-0.3, -0.25) is 0 Å². The van der Waals surface area contributed by atoms with Crippen molar-refractivity contribution in [2.75, 3.05) is 13.9 Å². The standard InChI is InChI=1S/C20H14FNO5S/c1-25-20(24)17-18(23)16(9-11-2-7-14-15(8-11)27-10-26-14)28-19(17)22-13-5-3-12(21)4-6-13/h2-9,23H,10H2,1H3/b16-9+,22-19?. The molecule has 0 saturated carbocycles. The van der Waals surface area contributed by atoms with Crippen LogP contribution in [-0.2, 0) is 9.53 Å². The van der Waals surface area contributed by atoms with Gasteiger partial charge in [-0.05, 0) is 48.0 Å². The Morgan fingerprint density at radius 1 is 1.21 bits per heavy atom. The van der Waals surface area contributed by atoms with E-state index in [4.69, 9.17) is 14.2 Å². The molecule has 28 heavy (non-hydrogen) atoms. The molecule has 0 spiro atoms. The second-order valence-electron chi connectivity index (χ2n) is 5.83. The Morgan fingerprint density at radius 2 is 1.96 bits per heavy atom. The molecule has 0 aromatic heterocycles. The third-order valence-electron chi connectivity index (χ3n) is 4.03. The van der Waals surface area contributed by atoms with Crippen molar-refractivity contribution in [2.45, 2.75) is 0 Å². The number of methoxy groups -OCH3 is 1. The third kappa shape index (κ3) is 3.46. The van der Waals surface area contributed by atoms with Crippen molar-refractivity contribution in [3.63, 3.8) is 0 Å². The van der Waals surface area contributed by atoms with Crippen molar-refractivity contribution in [2.24, 2.45) is 4.99 Å². The van der Waals surface area contributed by atoms with E-state index in [9.17, 15) is 14.3 Å². The molecule has 2 aromatic carbocycles. The lowest BCUT2D eigenvalue weighted by atomic mass is 10.1. The molecule has 2 aliphatic rings. The number of carbonyl (C=O) groups excluding carboxylic acids is 1. The van der Waals surface area contributed by atoms with E-state index >= 15 is 0 Å². The third-order valence-corrected chi connectivity index (χ3v) is 5.05. The average Bonchev–Trinajstić information content (AvgIpc) is 3.27. The lowest BCUT2D eigenvalue weighted by Crippen LogP contribution is -2.10. The number of aliphatic hydroxyl groups excluding tert-OH is 1. The zero-order chi connectivity index (χ0) is 19.7. The van der Waals surface area contributed by atoms with E-state index in [1.165, 1.54) is 31.4 Å². The Kier molecular flexibility index (Phi) is 4.79. The fraction of sp³-hybridized carbons (Fsp3) is 0.100. The fourth-order valence-electron chi connectivity index (χ4n) is 2.68. The molecule has 4 rings (SSSR count). The molecule has 0 saturated heterocycles. The van der Waals surface area contributed by atoms with Crippen LogP contribution in [0.5, 0.6) is 11.5 Å². The van der Waals surface area contributed by atoms with Crippen molar-refractivity contribution in [3.05, 3.63) is 70.1 Å². The molecule has 8 heteroatoms. The Labute approximate surface area is 163 Å². The van der Waals surface area contributed by atoms with Gasteiger partial charge >= 0.3 is 5.97 Å². The van der Waals surface area contributed by atoms with Crippen LogP contribution >= 0.6 is 11.8 Å². The first kappa shape index (κ1) is 18.1. The summed E-state index contributed by atoms with van der Waals surface area (Å²) in [5.74, 6) is -0.0719. The van der Waals surface area contributed by atoms with Crippen LogP contribution in [0.1, 0.15) is 5.56 Å². The largest absolute Gasteiger partial charge is 0.506 e. The van der Waals surface area contributed by atoms with Crippen LogP contribution < -0.4 is 9.47 Å². The number of rotatable bonds is 3. The van der Waals surface area contributed by atoms with Gasteiger partial charge in [0.1, 0.15) is 22.2 Å². The minimum atomic E-state index is -0.708. The van der Waals surface area contributed by atoms with Gasteiger partial charge in [-0.1, -0.05) is 17.8 Å². The Bertz CT molecular complexity index is 1040. The van der Waals surface area contributed by atoms with Crippen LogP contribution in [0, 0.1) is 5.82 Å². The van der Waals surface area contributed by atoms with Gasteiger partial charge in [0.15, 0.2) is 11.5 Å². The summed E-state index contributed by atoms with van der Waals surface area (Å²) in [4.78, 5) is 17.0. The van der Waals surface area contributed by atoms with Crippen LogP contribution in [-0.4, -0.2) is 30.0 Å². The van der Waals surface area contributed by atoms with E-state index in [2.05, 4.69) is 4.99 Å². The van der Waals surface area contributed by atoms with Gasteiger partial charge < -0.3 is 19.3 Å². The van der Waals surface area contributed by atoms with Gasteiger partial charge in [-0.25, -0.2) is 14.2 Å². The predicted octanol–water partition coefficient (Wildman–Crippen LogP) is 4.36. The number of esters is 1. The number of nitrogens with zero attached hydrogens (tertiary/aromatic N) is 1. The normalized spacial score (nSPS) is 18.2. The average molecular weight is 399 g/mol. The summed E-state index contributed by atoms with van der Waals surface area (Å²) in [6.07, 6.45) is 1.71. The number of halogens is 1. The summed E-state index contributed by atoms with van der Waals surface area (Å²) in [5.41, 5.74) is 1.16. The van der Waals surface area contributed by atoms with E-state index in [0.29, 0.717) is 22.1 Å². The second kappa shape index (κ2) is 7.40. The Morgan fingerprint density at radius 3 is 2.71 bits per heavy atom. The van der Waals surface area contributed by atoms with Crippen molar-refractivity contribution >= 4 is 34.5 Å². The number of aliphatic imine (C=N–C) groups is 1. The van der Waals surface area contributed by atoms with Gasteiger partial charge in [0.05, 0.1) is 17.7 Å². The number of thioether (sulfide) groups is 1. The summed E-state index contributed by atoms with van der Waals surface area (Å²) >= 11 is 1.12. The number of aliphatic hydroxyl groups is 1. The van der Waals surface area contributed by atoms with Gasteiger partial charge in [0, 0.05) is 0 Å². The highest BCUT2D eigenvalue weighted by Crippen LogP contribution is 2.41. The number of hydrogen-bond donors (Lipinski definition) is 1.